The molecule has 1 aliphatic rings. The van der Waals surface area contributed by atoms with Gasteiger partial charge >= 0.3 is 5.97 Å². The third-order valence-electron chi connectivity index (χ3n) is 3.32. The van der Waals surface area contributed by atoms with Gasteiger partial charge in [-0.2, -0.15) is 5.26 Å². The summed E-state index contributed by atoms with van der Waals surface area (Å²) in [5.41, 5.74) is 1.72. The Balaban J connectivity index is 2.00. The fourth-order valence-electron chi connectivity index (χ4n) is 2.40. The number of hydrogen-bond acceptors (Lipinski definition) is 3. The number of carbonyl (C=O) groups is 1. The van der Waals surface area contributed by atoms with E-state index in [4.69, 9.17) is 10.4 Å². The first-order chi connectivity index (χ1) is 8.69. The molecule has 0 aliphatic carbocycles. The molecule has 1 N–H and O–H groups in total. The zero-order chi connectivity index (χ0) is 13.0. The second kappa shape index (κ2) is 5.65. The standard InChI is InChI=1S/C14H16N2O2/c15-8-11-3-1-4-12(7-11)9-16-6-2-5-13(10-16)14(17)18/h1,3-4,7,13H,2,5-6,9-10H2,(H,17,18). The third kappa shape index (κ3) is 3.08. The summed E-state index contributed by atoms with van der Waals surface area (Å²) < 4.78 is 0. The fraction of sp³-hybridized carbons (Fsp3) is 0.429. The van der Waals surface area contributed by atoms with Crippen molar-refractivity contribution in [3.05, 3.63) is 35.4 Å². The molecule has 1 aliphatic heterocycles. The summed E-state index contributed by atoms with van der Waals surface area (Å²) in [5, 5.41) is 17.9. The van der Waals surface area contributed by atoms with Gasteiger partial charge in [-0.15, -0.1) is 0 Å². The molecule has 1 unspecified atom stereocenters. The lowest BCUT2D eigenvalue weighted by atomic mass is 9.98. The minimum atomic E-state index is -0.703. The van der Waals surface area contributed by atoms with Gasteiger partial charge < -0.3 is 5.11 Å². The Labute approximate surface area is 106 Å². The SMILES string of the molecule is N#Cc1cccc(CN2CCCC(C(=O)O)C2)c1. The van der Waals surface area contributed by atoms with Crippen LogP contribution in [0.1, 0.15) is 24.0 Å². The third-order valence-corrected chi connectivity index (χ3v) is 3.32. The molecule has 1 atom stereocenters. The molecule has 1 fully saturated rings. The molecule has 1 saturated heterocycles. The summed E-state index contributed by atoms with van der Waals surface area (Å²) in [4.78, 5) is 13.1. The van der Waals surface area contributed by atoms with Crippen LogP contribution in [0.15, 0.2) is 24.3 Å². The van der Waals surface area contributed by atoms with Crippen molar-refractivity contribution in [3.63, 3.8) is 0 Å². The predicted molar refractivity (Wildman–Crippen MR) is 66.8 cm³/mol. The Morgan fingerprint density at radius 1 is 1.56 bits per heavy atom. The second-order valence-electron chi connectivity index (χ2n) is 4.72. The van der Waals surface area contributed by atoms with E-state index in [2.05, 4.69) is 11.0 Å². The molecular formula is C14H16N2O2. The number of piperidine rings is 1. The van der Waals surface area contributed by atoms with Crippen LogP contribution in [0.3, 0.4) is 0 Å². The molecule has 94 valence electrons. The number of benzene rings is 1. The van der Waals surface area contributed by atoms with Crippen LogP contribution in [0.4, 0.5) is 0 Å². The normalized spacial score (nSPS) is 20.3. The minimum Gasteiger partial charge on any atom is -0.481 e. The number of hydrogen-bond donors (Lipinski definition) is 1. The highest BCUT2D eigenvalue weighted by molar-refractivity contribution is 5.70. The van der Waals surface area contributed by atoms with Gasteiger partial charge in [0.15, 0.2) is 0 Å². The summed E-state index contributed by atoms with van der Waals surface area (Å²) in [6.07, 6.45) is 1.69. The summed E-state index contributed by atoms with van der Waals surface area (Å²) in [7, 11) is 0. The Morgan fingerprint density at radius 3 is 3.11 bits per heavy atom. The van der Waals surface area contributed by atoms with Crippen molar-refractivity contribution < 1.29 is 9.90 Å². The van der Waals surface area contributed by atoms with Crippen LogP contribution in [0.2, 0.25) is 0 Å². The Morgan fingerprint density at radius 2 is 2.39 bits per heavy atom. The number of nitrogens with zero attached hydrogens (tertiary/aromatic N) is 2. The van der Waals surface area contributed by atoms with Gasteiger partial charge in [-0.25, -0.2) is 0 Å². The lowest BCUT2D eigenvalue weighted by Crippen LogP contribution is -2.38. The van der Waals surface area contributed by atoms with Gasteiger partial charge in [0.05, 0.1) is 17.6 Å². The van der Waals surface area contributed by atoms with E-state index in [9.17, 15) is 4.79 Å². The van der Waals surface area contributed by atoms with Crippen LogP contribution in [0, 0.1) is 17.2 Å². The van der Waals surface area contributed by atoms with Crippen LogP contribution < -0.4 is 0 Å². The lowest BCUT2D eigenvalue weighted by molar-refractivity contribution is -0.143. The quantitative estimate of drug-likeness (QED) is 0.881. The van der Waals surface area contributed by atoms with E-state index in [0.717, 1.165) is 31.5 Å². The van der Waals surface area contributed by atoms with Crippen LogP contribution >= 0.6 is 0 Å². The van der Waals surface area contributed by atoms with Crippen molar-refractivity contribution in [1.29, 1.82) is 5.26 Å². The monoisotopic (exact) mass is 244 g/mol. The Bertz CT molecular complexity index is 479. The summed E-state index contributed by atoms with van der Waals surface area (Å²) in [6.45, 7) is 2.26. The van der Waals surface area contributed by atoms with Crippen molar-refractivity contribution in [2.75, 3.05) is 13.1 Å². The van der Waals surface area contributed by atoms with Gasteiger partial charge in [-0.1, -0.05) is 12.1 Å². The number of nitriles is 1. The molecule has 0 radical (unpaired) electrons. The highest BCUT2D eigenvalue weighted by atomic mass is 16.4. The summed E-state index contributed by atoms with van der Waals surface area (Å²) >= 11 is 0. The first kappa shape index (κ1) is 12.6. The van der Waals surface area contributed by atoms with E-state index in [1.165, 1.54) is 0 Å². The van der Waals surface area contributed by atoms with E-state index in [1.54, 1.807) is 6.07 Å². The molecule has 0 saturated carbocycles. The Hall–Kier alpha value is -1.86. The maximum absolute atomic E-state index is 11.0. The van der Waals surface area contributed by atoms with Crippen LogP contribution in [-0.2, 0) is 11.3 Å². The minimum absolute atomic E-state index is 0.252. The topological polar surface area (TPSA) is 64.3 Å². The van der Waals surface area contributed by atoms with E-state index < -0.39 is 5.97 Å². The highest BCUT2D eigenvalue weighted by Crippen LogP contribution is 2.19. The number of likely N-dealkylation sites (tertiary alicyclic amines) is 1. The number of carboxylic acid groups (broad SMARTS) is 1. The second-order valence-corrected chi connectivity index (χ2v) is 4.72. The first-order valence-corrected chi connectivity index (χ1v) is 6.13. The maximum atomic E-state index is 11.0. The summed E-state index contributed by atoms with van der Waals surface area (Å²) in [6, 6.07) is 9.61. The molecule has 4 heteroatoms. The molecule has 0 bridgehead atoms. The number of aliphatic carboxylic acids is 1. The van der Waals surface area contributed by atoms with Crippen molar-refractivity contribution in [2.24, 2.45) is 5.92 Å². The summed E-state index contributed by atoms with van der Waals surface area (Å²) in [5.74, 6) is -0.955. The Kier molecular flexibility index (Phi) is 3.96. The zero-order valence-corrected chi connectivity index (χ0v) is 10.2. The van der Waals surface area contributed by atoms with Gasteiger partial charge in [0.2, 0.25) is 0 Å². The average Bonchev–Trinajstić information content (AvgIpc) is 2.39. The predicted octanol–water partition coefficient (Wildman–Crippen LogP) is 1.85. The first-order valence-electron chi connectivity index (χ1n) is 6.13. The molecule has 18 heavy (non-hydrogen) atoms. The maximum Gasteiger partial charge on any atom is 0.307 e. The smallest absolute Gasteiger partial charge is 0.307 e. The zero-order valence-electron chi connectivity index (χ0n) is 10.2. The van der Waals surface area contributed by atoms with Gasteiger partial charge in [0.1, 0.15) is 0 Å². The van der Waals surface area contributed by atoms with Crippen LogP contribution in [-0.4, -0.2) is 29.1 Å². The van der Waals surface area contributed by atoms with Gasteiger partial charge in [0.25, 0.3) is 0 Å². The lowest BCUT2D eigenvalue weighted by Gasteiger charge is -2.30. The average molecular weight is 244 g/mol. The molecular weight excluding hydrogens is 228 g/mol. The van der Waals surface area contributed by atoms with Crippen molar-refractivity contribution in [3.8, 4) is 6.07 Å². The van der Waals surface area contributed by atoms with E-state index >= 15 is 0 Å². The number of rotatable bonds is 3. The molecule has 2 rings (SSSR count). The largest absolute Gasteiger partial charge is 0.481 e. The van der Waals surface area contributed by atoms with E-state index in [1.807, 2.05) is 18.2 Å². The van der Waals surface area contributed by atoms with Crippen molar-refractivity contribution in [1.82, 2.24) is 4.90 Å². The number of carboxylic acids is 1. The van der Waals surface area contributed by atoms with Crippen molar-refractivity contribution >= 4 is 5.97 Å². The van der Waals surface area contributed by atoms with Gasteiger partial charge in [0, 0.05) is 13.1 Å². The molecule has 1 aromatic rings. The van der Waals surface area contributed by atoms with Crippen LogP contribution in [0.5, 0.6) is 0 Å². The molecule has 4 nitrogen and oxygen atoms in total. The van der Waals surface area contributed by atoms with Crippen molar-refractivity contribution in [2.45, 2.75) is 19.4 Å². The van der Waals surface area contributed by atoms with E-state index in [-0.39, 0.29) is 5.92 Å². The van der Waals surface area contributed by atoms with Gasteiger partial charge in [-0.3, -0.25) is 9.69 Å². The molecule has 0 aromatic heterocycles. The molecule has 0 amide bonds. The fourth-order valence-corrected chi connectivity index (χ4v) is 2.40. The molecule has 1 aromatic carbocycles. The molecule has 0 spiro atoms. The van der Waals surface area contributed by atoms with Gasteiger partial charge in [-0.05, 0) is 37.1 Å². The molecule has 1 heterocycles. The van der Waals surface area contributed by atoms with Crippen LogP contribution in [0.25, 0.3) is 0 Å². The highest BCUT2D eigenvalue weighted by Gasteiger charge is 2.25. The van der Waals surface area contributed by atoms with E-state index in [0.29, 0.717) is 12.1 Å².